The number of hydrogen-bond acceptors (Lipinski definition) is 2. The Labute approximate surface area is 189 Å². The number of halogens is 2. The first-order valence-electron chi connectivity index (χ1n) is 9.72. The van der Waals surface area contributed by atoms with Crippen molar-refractivity contribution < 1.29 is 16.9 Å². The quantitative estimate of drug-likeness (QED) is 0.534. The molecule has 3 aromatic carbocycles. The summed E-state index contributed by atoms with van der Waals surface area (Å²) >= 11 is 8.03. The highest BCUT2D eigenvalue weighted by molar-refractivity contribution is 7.99. The van der Waals surface area contributed by atoms with E-state index >= 15 is 0 Å². The van der Waals surface area contributed by atoms with Gasteiger partial charge in [-0.05, 0) is 36.4 Å². The molecule has 0 N–H and O–H groups in total. The number of benzene rings is 3. The van der Waals surface area contributed by atoms with Crippen LogP contribution in [-0.2, 0) is 6.54 Å². The zero-order valence-corrected chi connectivity index (χ0v) is 19.1. The Morgan fingerprint density at radius 2 is 1.48 bits per heavy atom. The molecular formula is C24H26Cl2N2S. The molecule has 29 heavy (non-hydrogen) atoms. The topological polar surface area (TPSA) is 3.24 Å². The number of fused-ring (bicyclic) bond motifs is 2. The number of rotatable bonds is 6. The molecule has 0 bridgehead atoms. The van der Waals surface area contributed by atoms with Gasteiger partial charge in [0, 0.05) is 33.3 Å². The summed E-state index contributed by atoms with van der Waals surface area (Å²) in [7, 11) is 4.60. The monoisotopic (exact) mass is 444 g/mol. The van der Waals surface area contributed by atoms with Crippen LogP contribution in [-0.4, -0.2) is 31.7 Å². The van der Waals surface area contributed by atoms with E-state index in [2.05, 4.69) is 79.7 Å². The fraction of sp³-hybridized carbons (Fsp3) is 0.250. The molecule has 0 saturated heterocycles. The van der Waals surface area contributed by atoms with Crippen molar-refractivity contribution in [2.24, 2.45) is 0 Å². The van der Waals surface area contributed by atoms with E-state index in [1.165, 1.54) is 26.7 Å². The van der Waals surface area contributed by atoms with Crippen molar-refractivity contribution in [2.45, 2.75) is 22.8 Å². The second-order valence-corrected chi connectivity index (χ2v) is 9.51. The third kappa shape index (κ3) is 5.29. The van der Waals surface area contributed by atoms with E-state index < -0.39 is 0 Å². The molecule has 0 unspecified atom stereocenters. The molecule has 4 rings (SSSR count). The van der Waals surface area contributed by atoms with Gasteiger partial charge in [-0.1, -0.05) is 59.8 Å². The number of quaternary nitrogens is 1. The SMILES string of the molecule is C[N+](C)(CCCN1c2ccccc2Sc2ccccc21)Cc1cccc(Cl)c1.[Cl-]. The number of hydrogen-bond donors (Lipinski definition) is 0. The lowest BCUT2D eigenvalue weighted by Crippen LogP contribution is -3.00. The summed E-state index contributed by atoms with van der Waals surface area (Å²) in [6.45, 7) is 3.12. The van der Waals surface area contributed by atoms with Crippen LogP contribution in [0.3, 0.4) is 0 Å². The van der Waals surface area contributed by atoms with E-state index in [1.807, 2.05) is 23.9 Å². The minimum atomic E-state index is 0. The van der Waals surface area contributed by atoms with Gasteiger partial charge in [0.25, 0.3) is 0 Å². The molecule has 0 radical (unpaired) electrons. The van der Waals surface area contributed by atoms with Gasteiger partial charge in [0.05, 0.1) is 32.0 Å². The average Bonchev–Trinajstić information content (AvgIpc) is 2.67. The molecule has 0 atom stereocenters. The lowest BCUT2D eigenvalue weighted by molar-refractivity contribution is -0.903. The number of para-hydroxylation sites is 2. The standard InChI is InChI=1S/C24H26ClN2S.ClH/c1-27(2,18-19-9-7-10-20(25)17-19)16-8-15-26-21-11-3-5-13-23(21)28-24-14-6-4-12-22(24)26;/h3-7,9-14,17H,8,15-16,18H2,1-2H3;1H/q+1;/p-1. The van der Waals surface area contributed by atoms with Crippen LogP contribution in [0.1, 0.15) is 12.0 Å². The molecule has 1 heterocycles. The Kier molecular flexibility index (Phi) is 7.18. The lowest BCUT2D eigenvalue weighted by atomic mass is 10.1. The van der Waals surface area contributed by atoms with Crippen molar-refractivity contribution in [1.82, 2.24) is 0 Å². The first kappa shape index (κ1) is 22.0. The molecule has 0 aromatic heterocycles. The van der Waals surface area contributed by atoms with Crippen molar-refractivity contribution in [3.63, 3.8) is 0 Å². The van der Waals surface area contributed by atoms with E-state index in [0.717, 1.165) is 35.6 Å². The van der Waals surface area contributed by atoms with Gasteiger partial charge in [0.2, 0.25) is 0 Å². The zero-order chi connectivity index (χ0) is 19.6. The first-order valence-corrected chi connectivity index (χ1v) is 10.9. The molecule has 152 valence electrons. The van der Waals surface area contributed by atoms with Crippen molar-refractivity contribution in [1.29, 1.82) is 0 Å². The van der Waals surface area contributed by atoms with E-state index in [-0.39, 0.29) is 12.4 Å². The van der Waals surface area contributed by atoms with Crippen molar-refractivity contribution in [3.05, 3.63) is 83.4 Å². The second-order valence-electron chi connectivity index (χ2n) is 7.99. The maximum atomic E-state index is 6.16. The van der Waals surface area contributed by atoms with Crippen LogP contribution in [0.4, 0.5) is 11.4 Å². The van der Waals surface area contributed by atoms with Gasteiger partial charge in [0.1, 0.15) is 6.54 Å². The van der Waals surface area contributed by atoms with Gasteiger partial charge in [-0.3, -0.25) is 0 Å². The molecule has 1 aliphatic heterocycles. The van der Waals surface area contributed by atoms with E-state index in [9.17, 15) is 0 Å². The van der Waals surface area contributed by atoms with Crippen molar-refractivity contribution >= 4 is 34.7 Å². The maximum absolute atomic E-state index is 6.16. The summed E-state index contributed by atoms with van der Waals surface area (Å²) in [6.07, 6.45) is 1.13. The molecule has 0 aliphatic carbocycles. The van der Waals surface area contributed by atoms with Gasteiger partial charge < -0.3 is 21.8 Å². The number of anilines is 2. The fourth-order valence-electron chi connectivity index (χ4n) is 3.89. The summed E-state index contributed by atoms with van der Waals surface area (Å²) < 4.78 is 0.951. The Morgan fingerprint density at radius 3 is 2.10 bits per heavy atom. The normalized spacial score (nSPS) is 12.7. The summed E-state index contributed by atoms with van der Waals surface area (Å²) in [5.41, 5.74) is 3.94. The Bertz CT molecular complexity index is 929. The minimum Gasteiger partial charge on any atom is -1.00 e. The summed E-state index contributed by atoms with van der Waals surface area (Å²) in [4.78, 5) is 5.17. The van der Waals surface area contributed by atoms with E-state index in [4.69, 9.17) is 11.6 Å². The van der Waals surface area contributed by atoms with Gasteiger partial charge >= 0.3 is 0 Å². The van der Waals surface area contributed by atoms with Gasteiger partial charge in [-0.15, -0.1) is 0 Å². The van der Waals surface area contributed by atoms with Crippen LogP contribution >= 0.6 is 23.4 Å². The van der Waals surface area contributed by atoms with Gasteiger partial charge in [-0.25, -0.2) is 0 Å². The highest BCUT2D eigenvalue weighted by Gasteiger charge is 2.23. The van der Waals surface area contributed by atoms with Gasteiger partial charge in [-0.2, -0.15) is 0 Å². The van der Waals surface area contributed by atoms with E-state index in [1.54, 1.807) is 0 Å². The van der Waals surface area contributed by atoms with Crippen LogP contribution in [0.5, 0.6) is 0 Å². The first-order chi connectivity index (χ1) is 13.5. The predicted molar refractivity (Wildman–Crippen MR) is 121 cm³/mol. The van der Waals surface area contributed by atoms with Crippen molar-refractivity contribution in [2.75, 3.05) is 32.1 Å². The minimum absolute atomic E-state index is 0. The maximum Gasteiger partial charge on any atom is 0.104 e. The Balaban J connectivity index is 0.00000240. The zero-order valence-electron chi connectivity index (χ0n) is 16.8. The highest BCUT2D eigenvalue weighted by atomic mass is 35.5. The fourth-order valence-corrected chi connectivity index (χ4v) is 5.20. The molecule has 5 heteroatoms. The molecule has 3 aromatic rings. The predicted octanol–water partition coefficient (Wildman–Crippen LogP) is 3.61. The van der Waals surface area contributed by atoms with Crippen LogP contribution in [0.2, 0.25) is 5.02 Å². The molecule has 0 saturated carbocycles. The molecule has 0 amide bonds. The van der Waals surface area contributed by atoms with Crippen LogP contribution in [0, 0.1) is 0 Å². The van der Waals surface area contributed by atoms with Crippen molar-refractivity contribution in [3.8, 4) is 0 Å². The van der Waals surface area contributed by atoms with Crippen LogP contribution < -0.4 is 17.3 Å². The lowest BCUT2D eigenvalue weighted by Gasteiger charge is -2.35. The molecule has 2 nitrogen and oxygen atoms in total. The molecule has 0 spiro atoms. The third-order valence-corrected chi connectivity index (χ3v) is 6.54. The molecule has 0 fully saturated rings. The van der Waals surface area contributed by atoms with Crippen LogP contribution in [0.15, 0.2) is 82.6 Å². The largest absolute Gasteiger partial charge is 1.00 e. The Morgan fingerprint density at radius 1 is 0.862 bits per heavy atom. The highest BCUT2D eigenvalue weighted by Crippen LogP contribution is 2.47. The number of nitrogens with zero attached hydrogens (tertiary/aromatic N) is 2. The van der Waals surface area contributed by atoms with Gasteiger partial charge in [0.15, 0.2) is 0 Å². The third-order valence-electron chi connectivity index (χ3n) is 5.18. The smallest absolute Gasteiger partial charge is 0.104 e. The molecule has 1 aliphatic rings. The summed E-state index contributed by atoms with van der Waals surface area (Å²) in [6, 6.07) is 25.7. The van der Waals surface area contributed by atoms with Crippen LogP contribution in [0.25, 0.3) is 0 Å². The Hall–Kier alpha value is -1.65. The summed E-state index contributed by atoms with van der Waals surface area (Å²) in [5, 5.41) is 0.816. The molecular weight excluding hydrogens is 419 g/mol. The second kappa shape index (κ2) is 9.44. The average molecular weight is 445 g/mol. The van der Waals surface area contributed by atoms with E-state index in [0.29, 0.717) is 0 Å². The summed E-state index contributed by atoms with van der Waals surface area (Å²) in [5.74, 6) is 0.